The maximum atomic E-state index is 6.08. The van der Waals surface area contributed by atoms with Gasteiger partial charge in [-0.25, -0.2) is 4.98 Å². The number of rotatable bonds is 5. The minimum absolute atomic E-state index is 0.197. The van der Waals surface area contributed by atoms with Gasteiger partial charge in [0.15, 0.2) is 0 Å². The van der Waals surface area contributed by atoms with Crippen molar-refractivity contribution >= 4 is 11.0 Å². The van der Waals surface area contributed by atoms with Gasteiger partial charge < -0.3 is 14.2 Å². The van der Waals surface area contributed by atoms with Crippen molar-refractivity contribution in [2.75, 3.05) is 33.8 Å². The van der Waals surface area contributed by atoms with Gasteiger partial charge in [-0.05, 0) is 57.1 Å². The van der Waals surface area contributed by atoms with E-state index >= 15 is 0 Å². The topological polar surface area (TPSA) is 46.4 Å². The lowest BCUT2D eigenvalue weighted by Gasteiger charge is -2.33. The first kappa shape index (κ1) is 19.7. The molecule has 2 aromatic heterocycles. The summed E-state index contributed by atoms with van der Waals surface area (Å²) in [5.41, 5.74) is 4.89. The first-order chi connectivity index (χ1) is 14.7. The van der Waals surface area contributed by atoms with Crippen LogP contribution in [0.1, 0.15) is 36.0 Å². The van der Waals surface area contributed by atoms with Crippen LogP contribution >= 0.6 is 0 Å². The molecule has 0 bridgehead atoms. The van der Waals surface area contributed by atoms with Gasteiger partial charge in [-0.15, -0.1) is 0 Å². The van der Waals surface area contributed by atoms with Crippen LogP contribution in [0.5, 0.6) is 0 Å². The Balaban J connectivity index is 1.43. The summed E-state index contributed by atoms with van der Waals surface area (Å²) in [5.74, 6) is 1.11. The summed E-state index contributed by atoms with van der Waals surface area (Å²) in [7, 11) is 4.38. The number of pyridine rings is 1. The summed E-state index contributed by atoms with van der Waals surface area (Å²) in [6, 6.07) is 13.1. The lowest BCUT2D eigenvalue weighted by atomic mass is 9.91. The largest absolute Gasteiger partial charge is 0.374 e. The summed E-state index contributed by atoms with van der Waals surface area (Å²) in [4.78, 5) is 14.5. The minimum Gasteiger partial charge on any atom is -0.374 e. The van der Waals surface area contributed by atoms with Crippen molar-refractivity contribution in [3.63, 3.8) is 0 Å². The maximum Gasteiger partial charge on any atom is 0.124 e. The fourth-order valence-electron chi connectivity index (χ4n) is 4.98. The number of morpholine rings is 1. The summed E-state index contributed by atoms with van der Waals surface area (Å²) in [6.45, 7) is 4.41. The standard InChI is InChI=1S/C24H31N5O/c1-27-13-14-30-19(15-27)16-29-21-10-4-3-9-20(21)26-23(29)17-28(2)22-11-5-7-18-8-6-12-25-24(18)22/h3-4,6,8-10,12,19,22H,5,7,11,13-17H2,1-2H3. The molecule has 1 aliphatic carbocycles. The van der Waals surface area contributed by atoms with Gasteiger partial charge in [0.25, 0.3) is 0 Å². The van der Waals surface area contributed by atoms with Crippen LogP contribution in [0, 0.1) is 0 Å². The quantitative estimate of drug-likeness (QED) is 0.652. The lowest BCUT2D eigenvalue weighted by molar-refractivity contribution is -0.0275. The lowest BCUT2D eigenvalue weighted by Crippen LogP contribution is -2.42. The number of para-hydroxylation sites is 2. The smallest absolute Gasteiger partial charge is 0.124 e. The number of aryl methyl sites for hydroxylation is 1. The van der Waals surface area contributed by atoms with Crippen LogP contribution in [0.3, 0.4) is 0 Å². The number of aromatic nitrogens is 3. The van der Waals surface area contributed by atoms with Gasteiger partial charge in [0, 0.05) is 19.3 Å². The van der Waals surface area contributed by atoms with Crippen molar-refractivity contribution in [3.8, 4) is 0 Å². The second-order valence-electron chi connectivity index (χ2n) is 8.75. The average Bonchev–Trinajstić information content (AvgIpc) is 3.10. The van der Waals surface area contributed by atoms with E-state index in [4.69, 9.17) is 14.7 Å². The van der Waals surface area contributed by atoms with E-state index in [1.54, 1.807) is 0 Å². The average molecular weight is 406 g/mol. The molecule has 6 nitrogen and oxygen atoms in total. The molecule has 1 fully saturated rings. The molecule has 1 aliphatic heterocycles. The Bertz CT molecular complexity index is 1020. The van der Waals surface area contributed by atoms with Gasteiger partial charge >= 0.3 is 0 Å². The summed E-state index contributed by atoms with van der Waals surface area (Å²) >= 11 is 0. The number of nitrogens with zero attached hydrogens (tertiary/aromatic N) is 5. The molecule has 1 saturated heterocycles. The summed E-state index contributed by atoms with van der Waals surface area (Å²) in [5, 5.41) is 0. The highest BCUT2D eigenvalue weighted by molar-refractivity contribution is 5.75. The number of hydrogen-bond donors (Lipinski definition) is 0. The Morgan fingerprint density at radius 3 is 3.00 bits per heavy atom. The Morgan fingerprint density at radius 2 is 2.10 bits per heavy atom. The van der Waals surface area contributed by atoms with E-state index in [2.05, 4.69) is 64.9 Å². The molecule has 6 heteroatoms. The molecule has 2 unspecified atom stereocenters. The number of imidazole rings is 1. The van der Waals surface area contributed by atoms with Crippen molar-refractivity contribution in [2.45, 2.75) is 44.5 Å². The fraction of sp³-hybridized carbons (Fsp3) is 0.500. The van der Waals surface area contributed by atoms with Gasteiger partial charge in [0.2, 0.25) is 0 Å². The van der Waals surface area contributed by atoms with Crippen LogP contribution < -0.4 is 0 Å². The third kappa shape index (κ3) is 3.87. The molecule has 1 aromatic carbocycles. The third-order valence-electron chi connectivity index (χ3n) is 6.55. The zero-order chi connectivity index (χ0) is 20.5. The van der Waals surface area contributed by atoms with Gasteiger partial charge in [0.05, 0.1) is 48.6 Å². The Morgan fingerprint density at radius 1 is 1.20 bits per heavy atom. The first-order valence-electron chi connectivity index (χ1n) is 11.1. The van der Waals surface area contributed by atoms with Gasteiger partial charge in [0.1, 0.15) is 5.82 Å². The first-order valence-corrected chi connectivity index (χ1v) is 11.1. The van der Waals surface area contributed by atoms with E-state index in [1.807, 2.05) is 6.20 Å². The Labute approximate surface area is 178 Å². The molecule has 158 valence electrons. The Hall–Kier alpha value is -2.28. The van der Waals surface area contributed by atoms with E-state index in [1.165, 1.54) is 23.2 Å². The predicted molar refractivity (Wildman–Crippen MR) is 118 cm³/mol. The highest BCUT2D eigenvalue weighted by atomic mass is 16.5. The predicted octanol–water partition coefficient (Wildman–Crippen LogP) is 3.27. The minimum atomic E-state index is 0.197. The molecule has 3 heterocycles. The molecular formula is C24H31N5O. The van der Waals surface area contributed by atoms with Crippen LogP contribution in [-0.2, 0) is 24.2 Å². The number of benzene rings is 1. The molecule has 5 rings (SSSR count). The highest BCUT2D eigenvalue weighted by Crippen LogP contribution is 2.33. The zero-order valence-corrected chi connectivity index (χ0v) is 18.0. The number of likely N-dealkylation sites (N-methyl/N-ethyl adjacent to an activating group) is 1. The van der Waals surface area contributed by atoms with E-state index in [0.29, 0.717) is 6.04 Å². The van der Waals surface area contributed by atoms with Crippen LogP contribution in [0.4, 0.5) is 0 Å². The number of hydrogen-bond acceptors (Lipinski definition) is 5. The third-order valence-corrected chi connectivity index (χ3v) is 6.55. The molecule has 30 heavy (non-hydrogen) atoms. The van der Waals surface area contributed by atoms with Gasteiger partial charge in [-0.1, -0.05) is 18.2 Å². The number of ether oxygens (including phenoxy) is 1. The van der Waals surface area contributed by atoms with Crippen LogP contribution in [0.2, 0.25) is 0 Å². The van der Waals surface area contributed by atoms with Gasteiger partial charge in [-0.3, -0.25) is 9.88 Å². The zero-order valence-electron chi connectivity index (χ0n) is 18.0. The molecule has 0 N–H and O–H groups in total. The monoisotopic (exact) mass is 405 g/mol. The number of fused-ring (bicyclic) bond motifs is 2. The molecule has 0 saturated carbocycles. The normalized spacial score (nSPS) is 22.5. The second-order valence-corrected chi connectivity index (χ2v) is 8.75. The summed E-state index contributed by atoms with van der Waals surface area (Å²) in [6.07, 6.45) is 5.63. The van der Waals surface area contributed by atoms with E-state index < -0.39 is 0 Å². The molecule has 0 spiro atoms. The van der Waals surface area contributed by atoms with Crippen molar-refractivity contribution < 1.29 is 4.74 Å². The maximum absolute atomic E-state index is 6.08. The van der Waals surface area contributed by atoms with E-state index in [9.17, 15) is 0 Å². The summed E-state index contributed by atoms with van der Waals surface area (Å²) < 4.78 is 8.45. The van der Waals surface area contributed by atoms with Crippen LogP contribution in [0.25, 0.3) is 11.0 Å². The molecule has 0 radical (unpaired) electrons. The van der Waals surface area contributed by atoms with Crippen molar-refractivity contribution in [1.82, 2.24) is 24.3 Å². The van der Waals surface area contributed by atoms with Crippen molar-refractivity contribution in [2.24, 2.45) is 0 Å². The highest BCUT2D eigenvalue weighted by Gasteiger charge is 2.27. The molecule has 2 atom stereocenters. The van der Waals surface area contributed by atoms with Crippen molar-refractivity contribution in [3.05, 3.63) is 59.7 Å². The molecular weight excluding hydrogens is 374 g/mol. The van der Waals surface area contributed by atoms with E-state index in [-0.39, 0.29) is 6.10 Å². The molecule has 0 amide bonds. The fourth-order valence-corrected chi connectivity index (χ4v) is 4.98. The van der Waals surface area contributed by atoms with Crippen molar-refractivity contribution in [1.29, 1.82) is 0 Å². The van der Waals surface area contributed by atoms with Crippen LogP contribution in [-0.4, -0.2) is 64.2 Å². The molecule has 3 aromatic rings. The van der Waals surface area contributed by atoms with Gasteiger partial charge in [-0.2, -0.15) is 0 Å². The van der Waals surface area contributed by atoms with E-state index in [0.717, 1.165) is 57.0 Å². The molecule has 2 aliphatic rings. The Kier molecular flexibility index (Phi) is 5.54. The SMILES string of the molecule is CN1CCOC(Cn2c(CN(C)C3CCCc4cccnc43)nc3ccccc32)C1. The van der Waals surface area contributed by atoms with Crippen LogP contribution in [0.15, 0.2) is 42.6 Å². The second kappa shape index (κ2) is 8.46.